The molecule has 1 amide bonds. The van der Waals surface area contributed by atoms with Gasteiger partial charge in [-0.2, -0.15) is 11.8 Å². The highest BCUT2D eigenvalue weighted by Crippen LogP contribution is 2.28. The first-order valence-corrected chi connectivity index (χ1v) is 14.1. The summed E-state index contributed by atoms with van der Waals surface area (Å²) in [5, 5.41) is 2.42. The van der Waals surface area contributed by atoms with Crippen LogP contribution in [0.3, 0.4) is 0 Å². The van der Waals surface area contributed by atoms with E-state index in [1.807, 2.05) is 36.6 Å². The molecule has 0 spiro atoms. The molecule has 186 valence electrons. The minimum atomic E-state index is -1.61. The number of hydrogen-bond donors (Lipinski definition) is 3. The summed E-state index contributed by atoms with van der Waals surface area (Å²) in [5.74, 6) is -0.972. The van der Waals surface area contributed by atoms with E-state index in [0.717, 1.165) is 17.7 Å². The Bertz CT molecular complexity index is 725. The number of carbonyl (C=O) groups excluding carboxylic acids is 3. The molecule has 0 aliphatic carbocycles. The third kappa shape index (κ3) is 11.4. The highest BCUT2D eigenvalue weighted by Gasteiger charge is 2.32. The Morgan fingerprint density at radius 1 is 1.12 bits per heavy atom. The Morgan fingerprint density at radius 3 is 2.36 bits per heavy atom. The highest BCUT2D eigenvalue weighted by molar-refractivity contribution is 8.68. The van der Waals surface area contributed by atoms with Gasteiger partial charge in [-0.3, -0.25) is 4.79 Å². The Hall–Kier alpha value is -1.56. The quantitative estimate of drug-likeness (QED) is 0.139. The summed E-state index contributed by atoms with van der Waals surface area (Å²) in [6.45, 7) is 3.34. The van der Waals surface area contributed by atoms with Gasteiger partial charge >= 0.3 is 12.1 Å². The molecule has 4 atom stereocenters. The van der Waals surface area contributed by atoms with E-state index in [2.05, 4.69) is 17.0 Å². The molecule has 8 nitrogen and oxygen atoms in total. The summed E-state index contributed by atoms with van der Waals surface area (Å²) in [5.41, 5.74) is 7.33. The highest BCUT2D eigenvalue weighted by atomic mass is 33.1. The van der Waals surface area contributed by atoms with E-state index in [9.17, 15) is 14.4 Å². The second-order valence-electron chi connectivity index (χ2n) is 7.15. The normalized spacial score (nSPS) is 14.5. The number of nitrogens with one attached hydrogen (secondary N) is 1. The van der Waals surface area contributed by atoms with Crippen LogP contribution in [0.1, 0.15) is 32.3 Å². The zero-order valence-corrected chi connectivity index (χ0v) is 21.8. The van der Waals surface area contributed by atoms with Crippen molar-refractivity contribution in [2.75, 3.05) is 25.2 Å². The number of esters is 1. The van der Waals surface area contributed by atoms with Gasteiger partial charge in [0.15, 0.2) is 0 Å². The molecule has 0 bridgehead atoms. The molecule has 0 aromatic heterocycles. The lowest BCUT2D eigenvalue weighted by Crippen LogP contribution is -2.48. The minimum Gasteiger partial charge on any atom is -0.462 e. The number of thiol groups is 1. The number of benzene rings is 1. The van der Waals surface area contributed by atoms with Gasteiger partial charge in [0.2, 0.25) is 5.91 Å². The lowest BCUT2D eigenvalue weighted by molar-refractivity contribution is -0.159. The molecule has 0 aliphatic rings. The van der Waals surface area contributed by atoms with Crippen LogP contribution < -0.4 is 11.1 Å². The van der Waals surface area contributed by atoms with Gasteiger partial charge in [0, 0.05) is 17.2 Å². The van der Waals surface area contributed by atoms with Gasteiger partial charge in [-0.15, -0.1) is 11.7 Å². The molecule has 0 fully saturated rings. The molecular formula is C22H34N2O6S3. The van der Waals surface area contributed by atoms with E-state index in [0.29, 0.717) is 12.8 Å². The Kier molecular flexibility index (Phi) is 15.1. The van der Waals surface area contributed by atoms with Crippen LogP contribution in [0.2, 0.25) is 0 Å². The van der Waals surface area contributed by atoms with E-state index < -0.39 is 30.2 Å². The average molecular weight is 519 g/mol. The average Bonchev–Trinajstić information content (AvgIpc) is 2.80. The maximum atomic E-state index is 13.3. The van der Waals surface area contributed by atoms with E-state index in [1.165, 1.54) is 10.8 Å². The smallest absolute Gasteiger partial charge is 0.462 e. The van der Waals surface area contributed by atoms with Gasteiger partial charge in [0.25, 0.3) is 6.23 Å². The van der Waals surface area contributed by atoms with Gasteiger partial charge < -0.3 is 25.3 Å². The first-order valence-electron chi connectivity index (χ1n) is 10.7. The molecule has 1 aromatic carbocycles. The molecule has 0 saturated carbocycles. The van der Waals surface area contributed by atoms with Crippen LogP contribution in [0, 0.1) is 5.92 Å². The molecule has 0 radical (unpaired) electrons. The van der Waals surface area contributed by atoms with Crippen molar-refractivity contribution in [1.82, 2.24) is 5.32 Å². The Labute approximate surface area is 209 Å². The second kappa shape index (κ2) is 17.0. The fourth-order valence-electron chi connectivity index (χ4n) is 3.05. The molecule has 3 N–H and O–H groups in total. The van der Waals surface area contributed by atoms with Crippen molar-refractivity contribution >= 4 is 52.2 Å². The van der Waals surface area contributed by atoms with Gasteiger partial charge in [-0.05, 0) is 50.7 Å². The van der Waals surface area contributed by atoms with E-state index >= 15 is 0 Å². The third-order valence-electron chi connectivity index (χ3n) is 4.73. The Balaban J connectivity index is 3.05. The monoisotopic (exact) mass is 518 g/mol. The number of rotatable bonds is 15. The van der Waals surface area contributed by atoms with Gasteiger partial charge in [-0.1, -0.05) is 41.1 Å². The molecule has 1 aromatic rings. The van der Waals surface area contributed by atoms with Crippen molar-refractivity contribution in [3.05, 3.63) is 35.9 Å². The maximum absolute atomic E-state index is 13.3. The van der Waals surface area contributed by atoms with Crippen molar-refractivity contribution in [3.8, 4) is 0 Å². The predicted molar refractivity (Wildman–Crippen MR) is 136 cm³/mol. The standard InChI is InChI=1S/C22H34N2O6S3/c1-4-28-21(26)20(30-22(27)29-5-2)24-19(25)16(13-15-9-7-6-8-10-15)14-18(33-31)17(23)11-12-32-3/h6-10,16-18,20,31H,4-5,11-14,23H2,1-3H3,(H,24,25). The molecule has 0 aliphatic heterocycles. The molecule has 4 unspecified atom stereocenters. The summed E-state index contributed by atoms with van der Waals surface area (Å²) in [7, 11) is 1.32. The number of ether oxygens (including phenoxy) is 3. The van der Waals surface area contributed by atoms with Gasteiger partial charge in [-0.25, -0.2) is 9.59 Å². The molecule has 0 saturated heterocycles. The first-order chi connectivity index (χ1) is 15.9. The zero-order valence-electron chi connectivity index (χ0n) is 19.2. The molecule has 11 heteroatoms. The fraction of sp³-hybridized carbons (Fsp3) is 0.591. The van der Waals surface area contributed by atoms with Crippen LogP contribution in [-0.2, 0) is 30.2 Å². The van der Waals surface area contributed by atoms with Gasteiger partial charge in [0.1, 0.15) is 0 Å². The van der Waals surface area contributed by atoms with Crippen molar-refractivity contribution in [1.29, 1.82) is 0 Å². The molecular weight excluding hydrogens is 484 g/mol. The Morgan fingerprint density at radius 2 is 1.79 bits per heavy atom. The topological polar surface area (TPSA) is 117 Å². The summed E-state index contributed by atoms with van der Waals surface area (Å²) in [6, 6.07) is 9.38. The van der Waals surface area contributed by atoms with Crippen LogP contribution in [0.15, 0.2) is 30.3 Å². The molecule has 33 heavy (non-hydrogen) atoms. The number of hydrogen-bond acceptors (Lipinski definition) is 10. The van der Waals surface area contributed by atoms with Crippen molar-refractivity contribution < 1.29 is 28.6 Å². The van der Waals surface area contributed by atoms with E-state index in [1.54, 1.807) is 25.6 Å². The summed E-state index contributed by atoms with van der Waals surface area (Å²) >= 11 is 6.09. The fourth-order valence-corrected chi connectivity index (χ4v) is 4.89. The predicted octanol–water partition coefficient (Wildman–Crippen LogP) is 3.44. The number of nitrogens with two attached hydrogens (primary N) is 1. The lowest BCUT2D eigenvalue weighted by atomic mass is 9.91. The van der Waals surface area contributed by atoms with Crippen LogP contribution in [0.4, 0.5) is 4.79 Å². The summed E-state index contributed by atoms with van der Waals surface area (Å²) in [4.78, 5) is 37.3. The zero-order chi connectivity index (χ0) is 24.6. The van der Waals surface area contributed by atoms with Crippen molar-refractivity contribution in [3.63, 3.8) is 0 Å². The van der Waals surface area contributed by atoms with Crippen LogP contribution in [-0.4, -0.2) is 60.8 Å². The largest absolute Gasteiger partial charge is 0.510 e. The number of thioether (sulfide) groups is 1. The molecule has 0 heterocycles. The lowest BCUT2D eigenvalue weighted by Gasteiger charge is -2.27. The van der Waals surface area contributed by atoms with Crippen LogP contribution in [0.25, 0.3) is 0 Å². The molecule has 1 rings (SSSR count). The minimum absolute atomic E-state index is 0.0630. The summed E-state index contributed by atoms with van der Waals surface area (Å²) < 4.78 is 14.7. The number of amides is 1. The summed E-state index contributed by atoms with van der Waals surface area (Å²) in [6.07, 6.45) is 0.970. The SMILES string of the molecule is CCOC(=O)OC(NC(=O)C(Cc1ccccc1)CC(SS)C(N)CCSC)C(=O)OCC. The maximum Gasteiger partial charge on any atom is 0.510 e. The second-order valence-corrected chi connectivity index (χ2v) is 9.59. The first kappa shape index (κ1) is 29.5. The van der Waals surface area contributed by atoms with E-state index in [-0.39, 0.29) is 24.5 Å². The van der Waals surface area contributed by atoms with Crippen LogP contribution in [0.5, 0.6) is 0 Å². The van der Waals surface area contributed by atoms with Crippen LogP contribution >= 0.6 is 34.2 Å². The van der Waals surface area contributed by atoms with E-state index in [4.69, 9.17) is 19.9 Å². The van der Waals surface area contributed by atoms with Crippen molar-refractivity contribution in [2.45, 2.75) is 50.6 Å². The third-order valence-corrected chi connectivity index (χ3v) is 7.00. The van der Waals surface area contributed by atoms with Crippen molar-refractivity contribution in [2.24, 2.45) is 11.7 Å². The van der Waals surface area contributed by atoms with Gasteiger partial charge in [0.05, 0.1) is 13.2 Å². The number of carbonyl (C=O) groups is 3.